The lowest BCUT2D eigenvalue weighted by Crippen LogP contribution is -1.99. The van der Waals surface area contributed by atoms with E-state index in [1.54, 1.807) is 0 Å². The number of hydrogen-bond acceptors (Lipinski definition) is 3. The van der Waals surface area contributed by atoms with Gasteiger partial charge in [0, 0.05) is 11.3 Å². The van der Waals surface area contributed by atoms with Crippen molar-refractivity contribution in [1.82, 2.24) is 4.98 Å². The number of hydrogen-bond donors (Lipinski definition) is 1. The maximum Gasteiger partial charge on any atom is 0.225 e. The topological polar surface area (TPSA) is 42.4 Å². The van der Waals surface area contributed by atoms with Gasteiger partial charge in [-0.3, -0.25) is 0 Å². The van der Waals surface area contributed by atoms with Gasteiger partial charge in [-0.15, -0.1) is 0 Å². The van der Waals surface area contributed by atoms with E-state index in [0.29, 0.717) is 5.88 Å². The Labute approximate surface area is 120 Å². The van der Waals surface area contributed by atoms with Crippen LogP contribution in [0.1, 0.15) is 35.7 Å². The number of ether oxygens (including phenoxy) is 1. The lowest BCUT2D eigenvalue weighted by molar-refractivity contribution is 0.274. The molecule has 3 heteroatoms. The fourth-order valence-corrected chi connectivity index (χ4v) is 2.23. The first-order valence-electron chi connectivity index (χ1n) is 6.98. The van der Waals surface area contributed by atoms with Crippen molar-refractivity contribution in [1.29, 1.82) is 0 Å². The number of aryl methyl sites for hydroxylation is 3. The molecule has 1 aromatic heterocycles. The number of nitrogens with zero attached hydrogens (tertiary/aromatic N) is 1. The second-order valence-electron chi connectivity index (χ2n) is 5.02. The smallest absolute Gasteiger partial charge is 0.225 e. The number of aliphatic hydroxyl groups excluding tert-OH is 1. The minimum Gasteiger partial charge on any atom is -0.439 e. The van der Waals surface area contributed by atoms with E-state index in [9.17, 15) is 5.11 Å². The highest BCUT2D eigenvalue weighted by Gasteiger charge is 2.10. The Morgan fingerprint density at radius 1 is 1.15 bits per heavy atom. The summed E-state index contributed by atoms with van der Waals surface area (Å²) < 4.78 is 5.82. The molecule has 0 amide bonds. The van der Waals surface area contributed by atoms with Gasteiger partial charge in [-0.05, 0) is 49.6 Å². The third kappa shape index (κ3) is 3.36. The van der Waals surface area contributed by atoms with Gasteiger partial charge in [0.25, 0.3) is 0 Å². The highest BCUT2D eigenvalue weighted by molar-refractivity contribution is 5.39. The number of pyridine rings is 1. The zero-order valence-electron chi connectivity index (χ0n) is 12.3. The van der Waals surface area contributed by atoms with Gasteiger partial charge in [0.15, 0.2) is 0 Å². The lowest BCUT2D eigenvalue weighted by atomic mass is 10.1. The molecular weight excluding hydrogens is 250 g/mol. The van der Waals surface area contributed by atoms with Crippen LogP contribution in [0.15, 0.2) is 30.3 Å². The Balaban J connectivity index is 2.25. The molecule has 20 heavy (non-hydrogen) atoms. The van der Waals surface area contributed by atoms with E-state index in [1.165, 1.54) is 5.56 Å². The number of aromatic nitrogens is 1. The SMILES string of the molecule is CCCc1ccc(Oc2nc(C)cc(C)c2CO)cc1. The van der Waals surface area contributed by atoms with Crippen LogP contribution in [-0.4, -0.2) is 10.1 Å². The molecule has 0 aliphatic heterocycles. The van der Waals surface area contributed by atoms with Gasteiger partial charge in [0.2, 0.25) is 5.88 Å². The summed E-state index contributed by atoms with van der Waals surface area (Å²) in [6.07, 6.45) is 2.21. The van der Waals surface area contributed by atoms with Crippen LogP contribution >= 0.6 is 0 Å². The second-order valence-corrected chi connectivity index (χ2v) is 5.02. The molecule has 0 bridgehead atoms. The molecule has 1 aromatic carbocycles. The predicted molar refractivity (Wildman–Crippen MR) is 80.1 cm³/mol. The van der Waals surface area contributed by atoms with Crippen LogP contribution in [-0.2, 0) is 13.0 Å². The zero-order valence-corrected chi connectivity index (χ0v) is 12.3. The number of rotatable bonds is 5. The van der Waals surface area contributed by atoms with E-state index >= 15 is 0 Å². The van der Waals surface area contributed by atoms with Gasteiger partial charge in [-0.1, -0.05) is 25.5 Å². The van der Waals surface area contributed by atoms with E-state index in [-0.39, 0.29) is 6.61 Å². The molecule has 0 atom stereocenters. The maximum absolute atomic E-state index is 9.46. The first kappa shape index (κ1) is 14.5. The van der Waals surface area contributed by atoms with Crippen LogP contribution in [0.5, 0.6) is 11.6 Å². The molecule has 2 rings (SSSR count). The third-order valence-corrected chi connectivity index (χ3v) is 3.27. The Kier molecular flexibility index (Phi) is 4.74. The van der Waals surface area contributed by atoms with Gasteiger partial charge in [-0.25, -0.2) is 4.98 Å². The van der Waals surface area contributed by atoms with E-state index in [1.807, 2.05) is 32.0 Å². The molecule has 0 aliphatic carbocycles. The van der Waals surface area contributed by atoms with E-state index in [2.05, 4.69) is 24.0 Å². The minimum atomic E-state index is -0.0671. The van der Waals surface area contributed by atoms with Crippen LogP contribution in [0.2, 0.25) is 0 Å². The summed E-state index contributed by atoms with van der Waals surface area (Å²) in [6.45, 7) is 5.97. The maximum atomic E-state index is 9.46. The molecule has 0 radical (unpaired) electrons. The summed E-state index contributed by atoms with van der Waals surface area (Å²) in [4.78, 5) is 4.38. The monoisotopic (exact) mass is 271 g/mol. The summed E-state index contributed by atoms with van der Waals surface area (Å²) in [7, 11) is 0. The van der Waals surface area contributed by atoms with Crippen molar-refractivity contribution in [3.8, 4) is 11.6 Å². The molecule has 0 aliphatic rings. The van der Waals surface area contributed by atoms with Crippen molar-refractivity contribution in [3.63, 3.8) is 0 Å². The number of aliphatic hydroxyl groups is 1. The highest BCUT2D eigenvalue weighted by Crippen LogP contribution is 2.26. The van der Waals surface area contributed by atoms with Gasteiger partial charge < -0.3 is 9.84 Å². The minimum absolute atomic E-state index is 0.0671. The Hall–Kier alpha value is -1.87. The summed E-state index contributed by atoms with van der Waals surface area (Å²) in [5.74, 6) is 1.24. The van der Waals surface area contributed by atoms with Crippen molar-refractivity contribution in [2.24, 2.45) is 0 Å². The molecule has 2 aromatic rings. The van der Waals surface area contributed by atoms with Crippen LogP contribution in [0.25, 0.3) is 0 Å². The van der Waals surface area contributed by atoms with Crippen LogP contribution in [0.3, 0.4) is 0 Å². The fourth-order valence-electron chi connectivity index (χ4n) is 2.23. The Morgan fingerprint density at radius 2 is 1.85 bits per heavy atom. The first-order valence-corrected chi connectivity index (χ1v) is 6.98. The van der Waals surface area contributed by atoms with Crippen molar-refractivity contribution in [2.45, 2.75) is 40.2 Å². The van der Waals surface area contributed by atoms with Gasteiger partial charge >= 0.3 is 0 Å². The molecule has 1 heterocycles. The summed E-state index contributed by atoms with van der Waals surface area (Å²) in [5.41, 5.74) is 3.93. The lowest BCUT2D eigenvalue weighted by Gasteiger charge is -2.12. The highest BCUT2D eigenvalue weighted by atomic mass is 16.5. The van der Waals surface area contributed by atoms with E-state index in [4.69, 9.17) is 4.74 Å². The van der Waals surface area contributed by atoms with Gasteiger partial charge in [-0.2, -0.15) is 0 Å². The molecule has 0 spiro atoms. The van der Waals surface area contributed by atoms with Crippen molar-refractivity contribution >= 4 is 0 Å². The standard InChI is InChI=1S/C17H21NO2/c1-4-5-14-6-8-15(9-7-14)20-17-16(11-19)12(2)10-13(3)18-17/h6-10,19H,4-5,11H2,1-3H3. The molecule has 0 unspecified atom stereocenters. The molecule has 1 N–H and O–H groups in total. The molecule has 3 nitrogen and oxygen atoms in total. The Morgan fingerprint density at radius 3 is 2.45 bits per heavy atom. The zero-order chi connectivity index (χ0) is 14.5. The normalized spacial score (nSPS) is 10.6. The third-order valence-electron chi connectivity index (χ3n) is 3.27. The van der Waals surface area contributed by atoms with Crippen molar-refractivity contribution < 1.29 is 9.84 Å². The van der Waals surface area contributed by atoms with Gasteiger partial charge in [0.1, 0.15) is 5.75 Å². The predicted octanol–water partition coefficient (Wildman–Crippen LogP) is 3.94. The number of benzene rings is 1. The Bertz CT molecular complexity index is 576. The van der Waals surface area contributed by atoms with Crippen LogP contribution in [0, 0.1) is 13.8 Å². The quantitative estimate of drug-likeness (QED) is 0.895. The van der Waals surface area contributed by atoms with Crippen LogP contribution in [0.4, 0.5) is 0 Å². The molecule has 106 valence electrons. The summed E-state index contributed by atoms with van der Waals surface area (Å²) in [5, 5.41) is 9.46. The molecule has 0 saturated heterocycles. The molecular formula is C17H21NO2. The second kappa shape index (κ2) is 6.53. The van der Waals surface area contributed by atoms with Gasteiger partial charge in [0.05, 0.1) is 6.61 Å². The van der Waals surface area contributed by atoms with E-state index < -0.39 is 0 Å². The van der Waals surface area contributed by atoms with Crippen molar-refractivity contribution in [3.05, 3.63) is 52.7 Å². The summed E-state index contributed by atoms with van der Waals surface area (Å²) in [6, 6.07) is 9.99. The average molecular weight is 271 g/mol. The van der Waals surface area contributed by atoms with E-state index in [0.717, 1.165) is 35.4 Å². The molecule has 0 saturated carbocycles. The summed E-state index contributed by atoms with van der Waals surface area (Å²) >= 11 is 0. The fraction of sp³-hybridized carbons (Fsp3) is 0.353. The first-order chi connectivity index (χ1) is 9.63. The van der Waals surface area contributed by atoms with Crippen molar-refractivity contribution in [2.75, 3.05) is 0 Å². The largest absolute Gasteiger partial charge is 0.439 e. The average Bonchev–Trinajstić information content (AvgIpc) is 2.41. The van der Waals surface area contributed by atoms with Crippen LogP contribution < -0.4 is 4.74 Å². The molecule has 0 fully saturated rings.